The van der Waals surface area contributed by atoms with Crippen LogP contribution in [0.5, 0.6) is 0 Å². The molecule has 2 heteroatoms. The second-order valence-corrected chi connectivity index (χ2v) is 5.32. The van der Waals surface area contributed by atoms with Gasteiger partial charge >= 0.3 is 0 Å². The lowest BCUT2D eigenvalue weighted by Crippen LogP contribution is -2.54. The molecule has 1 heterocycles. The van der Waals surface area contributed by atoms with Crippen LogP contribution in [0.25, 0.3) is 0 Å². The van der Waals surface area contributed by atoms with Crippen LogP contribution in [0.1, 0.15) is 27.7 Å². The first-order chi connectivity index (χ1) is 5.40. The maximum Gasteiger partial charge on any atom is 0.0470 e. The van der Waals surface area contributed by atoms with Gasteiger partial charge in [-0.25, -0.2) is 0 Å². The number of rotatable bonds is 1. The van der Waals surface area contributed by atoms with E-state index in [1.165, 1.54) is 0 Å². The van der Waals surface area contributed by atoms with E-state index in [0.717, 1.165) is 13.1 Å². The van der Waals surface area contributed by atoms with E-state index in [4.69, 9.17) is 0 Å². The van der Waals surface area contributed by atoms with E-state index in [-0.39, 0.29) is 10.8 Å². The van der Waals surface area contributed by atoms with Gasteiger partial charge in [-0.15, -0.1) is 0 Å². The Balaban J connectivity index is 2.81. The molecule has 1 fully saturated rings. The lowest BCUT2D eigenvalue weighted by atomic mass is 9.63. The summed E-state index contributed by atoms with van der Waals surface area (Å²) in [5.41, 5.74) is 0.438. The van der Waals surface area contributed by atoms with Crippen LogP contribution in [-0.4, -0.2) is 24.8 Å². The van der Waals surface area contributed by atoms with Crippen molar-refractivity contribution in [1.29, 1.82) is 0 Å². The van der Waals surface area contributed by atoms with Crippen molar-refractivity contribution in [3.8, 4) is 0 Å². The third-order valence-electron chi connectivity index (χ3n) is 3.23. The number of aliphatic hydroxyl groups is 1. The SMILES string of the molecule is CC1(C)CNCC(C)(C)C1CO. The summed E-state index contributed by atoms with van der Waals surface area (Å²) in [5.74, 6) is 0.409. The van der Waals surface area contributed by atoms with Crippen molar-refractivity contribution in [2.24, 2.45) is 16.7 Å². The highest BCUT2D eigenvalue weighted by Crippen LogP contribution is 2.42. The van der Waals surface area contributed by atoms with Crippen LogP contribution < -0.4 is 5.32 Å². The van der Waals surface area contributed by atoms with E-state index in [0.29, 0.717) is 12.5 Å². The van der Waals surface area contributed by atoms with Gasteiger partial charge in [-0.1, -0.05) is 27.7 Å². The molecule has 0 bridgehead atoms. The van der Waals surface area contributed by atoms with Crippen molar-refractivity contribution in [3.05, 3.63) is 0 Å². The molecular weight excluding hydrogens is 150 g/mol. The van der Waals surface area contributed by atoms with E-state index < -0.39 is 0 Å². The van der Waals surface area contributed by atoms with Gasteiger partial charge in [0.2, 0.25) is 0 Å². The molecule has 1 rings (SSSR count). The quantitative estimate of drug-likeness (QED) is 0.622. The molecule has 0 unspecified atom stereocenters. The summed E-state index contributed by atoms with van der Waals surface area (Å²) in [6, 6.07) is 0. The van der Waals surface area contributed by atoms with Crippen molar-refractivity contribution in [2.45, 2.75) is 27.7 Å². The van der Waals surface area contributed by atoms with E-state index in [1.807, 2.05) is 0 Å². The monoisotopic (exact) mass is 171 g/mol. The third-order valence-corrected chi connectivity index (χ3v) is 3.23. The molecule has 72 valence electrons. The summed E-state index contributed by atoms with van der Waals surface area (Å²) in [5, 5.41) is 12.8. The van der Waals surface area contributed by atoms with Crippen LogP contribution in [0.2, 0.25) is 0 Å². The highest BCUT2D eigenvalue weighted by molar-refractivity contribution is 4.95. The van der Waals surface area contributed by atoms with Crippen LogP contribution in [0, 0.1) is 16.7 Å². The number of nitrogens with one attached hydrogen (secondary N) is 1. The molecule has 0 aromatic heterocycles. The minimum Gasteiger partial charge on any atom is -0.396 e. The van der Waals surface area contributed by atoms with Crippen LogP contribution in [0.3, 0.4) is 0 Å². The molecule has 12 heavy (non-hydrogen) atoms. The highest BCUT2D eigenvalue weighted by Gasteiger charge is 2.43. The average molecular weight is 171 g/mol. The maximum atomic E-state index is 9.33. The van der Waals surface area contributed by atoms with Gasteiger partial charge < -0.3 is 10.4 Å². The molecule has 0 saturated carbocycles. The Hall–Kier alpha value is -0.0800. The Labute approximate surface area is 75.4 Å². The molecule has 0 amide bonds. The van der Waals surface area contributed by atoms with Crippen molar-refractivity contribution in [3.63, 3.8) is 0 Å². The first-order valence-electron chi connectivity index (χ1n) is 4.72. The predicted molar refractivity (Wildman–Crippen MR) is 51.0 cm³/mol. The minimum absolute atomic E-state index is 0.219. The molecule has 0 radical (unpaired) electrons. The van der Waals surface area contributed by atoms with Crippen molar-refractivity contribution in [1.82, 2.24) is 5.32 Å². The maximum absolute atomic E-state index is 9.33. The largest absolute Gasteiger partial charge is 0.396 e. The van der Waals surface area contributed by atoms with Gasteiger partial charge in [0.1, 0.15) is 0 Å². The molecule has 0 aliphatic carbocycles. The normalized spacial score (nSPS) is 28.8. The molecule has 0 atom stereocenters. The van der Waals surface area contributed by atoms with Crippen LogP contribution >= 0.6 is 0 Å². The minimum atomic E-state index is 0.219. The van der Waals surface area contributed by atoms with E-state index in [9.17, 15) is 5.11 Å². The van der Waals surface area contributed by atoms with Gasteiger partial charge in [-0.05, 0) is 16.7 Å². The first kappa shape index (κ1) is 10.0. The van der Waals surface area contributed by atoms with Gasteiger partial charge in [0.15, 0.2) is 0 Å². The molecule has 0 spiro atoms. The van der Waals surface area contributed by atoms with E-state index >= 15 is 0 Å². The Kier molecular flexibility index (Phi) is 2.50. The fourth-order valence-electron chi connectivity index (χ4n) is 2.51. The number of piperidine rings is 1. The van der Waals surface area contributed by atoms with Gasteiger partial charge in [-0.3, -0.25) is 0 Å². The topological polar surface area (TPSA) is 32.3 Å². The van der Waals surface area contributed by atoms with Crippen LogP contribution in [-0.2, 0) is 0 Å². The highest BCUT2D eigenvalue weighted by atomic mass is 16.3. The molecule has 0 aromatic carbocycles. The molecule has 0 aromatic rings. The Morgan fingerprint density at radius 3 is 1.83 bits per heavy atom. The van der Waals surface area contributed by atoms with Gasteiger partial charge in [0, 0.05) is 19.7 Å². The van der Waals surface area contributed by atoms with Gasteiger partial charge in [-0.2, -0.15) is 0 Å². The van der Waals surface area contributed by atoms with Gasteiger partial charge in [0.05, 0.1) is 0 Å². The smallest absolute Gasteiger partial charge is 0.0470 e. The molecule has 1 saturated heterocycles. The van der Waals surface area contributed by atoms with Crippen molar-refractivity contribution >= 4 is 0 Å². The standard InChI is InChI=1S/C10H21NO/c1-9(2)6-11-7-10(3,4)8(9)5-12/h8,11-12H,5-7H2,1-4H3. The van der Waals surface area contributed by atoms with Crippen molar-refractivity contribution < 1.29 is 5.11 Å². The summed E-state index contributed by atoms with van der Waals surface area (Å²) in [6.45, 7) is 11.2. The second-order valence-electron chi connectivity index (χ2n) is 5.32. The van der Waals surface area contributed by atoms with Crippen molar-refractivity contribution in [2.75, 3.05) is 19.7 Å². The fourth-order valence-corrected chi connectivity index (χ4v) is 2.51. The van der Waals surface area contributed by atoms with E-state index in [1.54, 1.807) is 0 Å². The summed E-state index contributed by atoms with van der Waals surface area (Å²) in [6.07, 6.45) is 0. The second kappa shape index (κ2) is 3.00. The predicted octanol–water partition coefficient (Wildman–Crippen LogP) is 1.25. The lowest BCUT2D eigenvalue weighted by molar-refractivity contribution is -0.00947. The van der Waals surface area contributed by atoms with Crippen LogP contribution in [0.15, 0.2) is 0 Å². The summed E-state index contributed by atoms with van der Waals surface area (Å²) in [4.78, 5) is 0. The molecule has 1 aliphatic heterocycles. The number of aliphatic hydroxyl groups excluding tert-OH is 1. The summed E-state index contributed by atoms with van der Waals surface area (Å²) >= 11 is 0. The summed E-state index contributed by atoms with van der Waals surface area (Å²) < 4.78 is 0. The zero-order valence-electron chi connectivity index (χ0n) is 8.65. The number of hydrogen-bond donors (Lipinski definition) is 2. The molecular formula is C10H21NO. The molecule has 2 nitrogen and oxygen atoms in total. The van der Waals surface area contributed by atoms with E-state index in [2.05, 4.69) is 33.0 Å². The zero-order valence-corrected chi connectivity index (χ0v) is 8.65. The van der Waals surface area contributed by atoms with Gasteiger partial charge in [0.25, 0.3) is 0 Å². The Morgan fingerprint density at radius 1 is 1.17 bits per heavy atom. The molecule has 2 N–H and O–H groups in total. The zero-order chi connectivity index (χ0) is 9.41. The average Bonchev–Trinajstić information content (AvgIpc) is 1.83. The Bertz CT molecular complexity index is 147. The summed E-state index contributed by atoms with van der Waals surface area (Å²) in [7, 11) is 0. The third kappa shape index (κ3) is 1.64. The Morgan fingerprint density at radius 2 is 1.58 bits per heavy atom. The fraction of sp³-hybridized carbons (Fsp3) is 1.00. The van der Waals surface area contributed by atoms with Crippen LogP contribution in [0.4, 0.5) is 0 Å². The lowest BCUT2D eigenvalue weighted by Gasteiger charge is -2.48. The first-order valence-corrected chi connectivity index (χ1v) is 4.72. The molecule has 1 aliphatic rings. The number of hydrogen-bond acceptors (Lipinski definition) is 2.